The van der Waals surface area contributed by atoms with Crippen LogP contribution in [0.1, 0.15) is 12.5 Å². The zero-order valence-electron chi connectivity index (χ0n) is 13.3. The molecule has 0 bridgehead atoms. The van der Waals surface area contributed by atoms with Gasteiger partial charge in [0.15, 0.2) is 0 Å². The number of hydrogen-bond donors (Lipinski definition) is 2. The molecule has 2 rings (SSSR count). The minimum atomic E-state index is -0.192. The van der Waals surface area contributed by atoms with Crippen LogP contribution in [-0.2, 0) is 11.3 Å². The summed E-state index contributed by atoms with van der Waals surface area (Å²) < 4.78 is 1.78. The molecule has 0 aliphatic rings. The second-order valence-electron chi connectivity index (χ2n) is 5.20. The molecule has 7 heteroatoms. The summed E-state index contributed by atoms with van der Waals surface area (Å²) in [6, 6.07) is 9.59. The summed E-state index contributed by atoms with van der Waals surface area (Å²) >= 11 is 0. The number of nitrogens with zero attached hydrogens (tertiary/aromatic N) is 3. The molecule has 0 radical (unpaired) electrons. The van der Waals surface area contributed by atoms with E-state index < -0.39 is 0 Å². The molecule has 2 N–H and O–H groups in total. The molecule has 2 aromatic rings. The Labute approximate surface area is 135 Å². The van der Waals surface area contributed by atoms with E-state index >= 15 is 0 Å². The molecule has 1 aromatic heterocycles. The van der Waals surface area contributed by atoms with E-state index in [-0.39, 0.29) is 11.9 Å². The van der Waals surface area contributed by atoms with E-state index in [0.29, 0.717) is 19.6 Å². The van der Waals surface area contributed by atoms with Gasteiger partial charge in [-0.25, -0.2) is 9.48 Å². The maximum Gasteiger partial charge on any atom is 0.317 e. The van der Waals surface area contributed by atoms with Gasteiger partial charge >= 0.3 is 6.03 Å². The lowest BCUT2D eigenvalue weighted by Gasteiger charge is -2.17. The summed E-state index contributed by atoms with van der Waals surface area (Å²) in [6.45, 7) is 2.71. The standard InChI is InChI=1S/C16H21N5O2/c1-13(22)17-8-9-18-16(23)20(2)11-14-10-19-21(12-14)15-6-4-3-5-7-15/h3-7,10,12H,8-9,11H2,1-2H3,(H,17,22)(H,18,23). The number of amides is 3. The molecule has 0 aliphatic heterocycles. The lowest BCUT2D eigenvalue weighted by Crippen LogP contribution is -2.40. The van der Waals surface area contributed by atoms with Crippen molar-refractivity contribution in [3.63, 3.8) is 0 Å². The first-order valence-electron chi connectivity index (χ1n) is 7.38. The van der Waals surface area contributed by atoms with Crippen LogP contribution in [0.5, 0.6) is 0 Å². The number of hydrogen-bond acceptors (Lipinski definition) is 3. The third-order valence-corrected chi connectivity index (χ3v) is 3.20. The number of nitrogens with one attached hydrogen (secondary N) is 2. The maximum absolute atomic E-state index is 11.9. The minimum Gasteiger partial charge on any atom is -0.355 e. The molecular formula is C16H21N5O2. The summed E-state index contributed by atoms with van der Waals surface area (Å²) in [5, 5.41) is 9.67. The van der Waals surface area contributed by atoms with Crippen molar-refractivity contribution in [2.45, 2.75) is 13.5 Å². The second-order valence-corrected chi connectivity index (χ2v) is 5.20. The zero-order chi connectivity index (χ0) is 16.7. The van der Waals surface area contributed by atoms with Crippen LogP contribution >= 0.6 is 0 Å². The van der Waals surface area contributed by atoms with E-state index in [1.165, 1.54) is 6.92 Å². The van der Waals surface area contributed by atoms with Crippen LogP contribution in [-0.4, -0.2) is 46.8 Å². The zero-order valence-corrected chi connectivity index (χ0v) is 13.3. The van der Waals surface area contributed by atoms with Crippen LogP contribution in [0.25, 0.3) is 5.69 Å². The minimum absolute atomic E-state index is 0.110. The Kier molecular flexibility index (Phi) is 5.74. The Morgan fingerprint density at radius 2 is 1.87 bits per heavy atom. The Morgan fingerprint density at radius 1 is 1.17 bits per heavy atom. The summed E-state index contributed by atoms with van der Waals surface area (Å²) in [5.74, 6) is -0.110. The van der Waals surface area contributed by atoms with Crippen molar-refractivity contribution >= 4 is 11.9 Å². The molecule has 0 spiro atoms. The fourth-order valence-corrected chi connectivity index (χ4v) is 2.05. The highest BCUT2D eigenvalue weighted by molar-refractivity contribution is 5.74. The highest BCUT2D eigenvalue weighted by Gasteiger charge is 2.10. The largest absolute Gasteiger partial charge is 0.355 e. The van der Waals surface area contributed by atoms with Crippen molar-refractivity contribution in [3.8, 4) is 5.69 Å². The van der Waals surface area contributed by atoms with Crippen LogP contribution in [0.2, 0.25) is 0 Å². The van der Waals surface area contributed by atoms with Crippen molar-refractivity contribution in [2.24, 2.45) is 0 Å². The van der Waals surface area contributed by atoms with Crippen molar-refractivity contribution < 1.29 is 9.59 Å². The first-order valence-corrected chi connectivity index (χ1v) is 7.38. The third-order valence-electron chi connectivity index (χ3n) is 3.20. The molecule has 1 aromatic carbocycles. The highest BCUT2D eigenvalue weighted by Crippen LogP contribution is 2.09. The number of benzene rings is 1. The van der Waals surface area contributed by atoms with Gasteiger partial charge in [-0.05, 0) is 12.1 Å². The second kappa shape index (κ2) is 7.98. The Balaban J connectivity index is 1.83. The molecule has 0 atom stereocenters. The Bertz CT molecular complexity index is 654. The van der Waals surface area contributed by atoms with Crippen LogP contribution < -0.4 is 10.6 Å². The smallest absolute Gasteiger partial charge is 0.317 e. The summed E-state index contributed by atoms with van der Waals surface area (Å²) in [6.07, 6.45) is 3.64. The van der Waals surface area contributed by atoms with Crippen molar-refractivity contribution in [1.82, 2.24) is 25.3 Å². The molecular weight excluding hydrogens is 294 g/mol. The van der Waals surface area contributed by atoms with Gasteiger partial charge in [-0.2, -0.15) is 5.10 Å². The molecule has 7 nitrogen and oxygen atoms in total. The lowest BCUT2D eigenvalue weighted by molar-refractivity contribution is -0.118. The third kappa shape index (κ3) is 5.14. The van der Waals surface area contributed by atoms with E-state index in [2.05, 4.69) is 15.7 Å². The van der Waals surface area contributed by atoms with Gasteiger partial charge in [0.05, 0.1) is 18.4 Å². The first kappa shape index (κ1) is 16.5. The van der Waals surface area contributed by atoms with Crippen LogP contribution in [0.3, 0.4) is 0 Å². The molecule has 0 aliphatic carbocycles. The highest BCUT2D eigenvalue weighted by atomic mass is 16.2. The molecule has 0 saturated carbocycles. The summed E-state index contributed by atoms with van der Waals surface area (Å²) in [5.41, 5.74) is 1.91. The van der Waals surface area contributed by atoms with Gasteiger partial charge in [0, 0.05) is 38.8 Å². The Morgan fingerprint density at radius 3 is 2.57 bits per heavy atom. The summed E-state index contributed by atoms with van der Waals surface area (Å²) in [4.78, 5) is 24.3. The molecule has 1 heterocycles. The SMILES string of the molecule is CC(=O)NCCNC(=O)N(C)Cc1cnn(-c2ccccc2)c1. The van der Waals surface area contributed by atoms with Crippen LogP contribution in [0, 0.1) is 0 Å². The maximum atomic E-state index is 11.9. The van der Waals surface area contributed by atoms with Gasteiger partial charge in [0.1, 0.15) is 0 Å². The number of para-hydroxylation sites is 1. The molecule has 3 amide bonds. The number of rotatable bonds is 6. The molecule has 0 unspecified atom stereocenters. The van der Waals surface area contributed by atoms with Gasteiger partial charge in [-0.3, -0.25) is 4.79 Å². The number of carbonyl (C=O) groups is 2. The average Bonchev–Trinajstić information content (AvgIpc) is 3.00. The van der Waals surface area contributed by atoms with Crippen LogP contribution in [0.4, 0.5) is 4.79 Å². The van der Waals surface area contributed by atoms with E-state index in [0.717, 1.165) is 11.3 Å². The quantitative estimate of drug-likeness (QED) is 0.785. The predicted molar refractivity (Wildman–Crippen MR) is 87.1 cm³/mol. The van der Waals surface area contributed by atoms with E-state index in [1.54, 1.807) is 22.8 Å². The molecule has 23 heavy (non-hydrogen) atoms. The van der Waals surface area contributed by atoms with Gasteiger partial charge in [-0.15, -0.1) is 0 Å². The van der Waals surface area contributed by atoms with Gasteiger partial charge in [0.25, 0.3) is 0 Å². The van der Waals surface area contributed by atoms with Gasteiger partial charge in [-0.1, -0.05) is 18.2 Å². The Hall–Kier alpha value is -2.83. The lowest BCUT2D eigenvalue weighted by atomic mass is 10.3. The first-order chi connectivity index (χ1) is 11.1. The van der Waals surface area contributed by atoms with Crippen LogP contribution in [0.15, 0.2) is 42.7 Å². The average molecular weight is 315 g/mol. The normalized spacial score (nSPS) is 10.2. The van der Waals surface area contributed by atoms with Gasteiger partial charge in [0.2, 0.25) is 5.91 Å². The molecule has 0 fully saturated rings. The number of carbonyl (C=O) groups excluding carboxylic acids is 2. The van der Waals surface area contributed by atoms with E-state index in [1.807, 2.05) is 36.5 Å². The molecule has 0 saturated heterocycles. The predicted octanol–water partition coefficient (Wildman–Crippen LogP) is 1.15. The number of aromatic nitrogens is 2. The fraction of sp³-hybridized carbons (Fsp3) is 0.312. The van der Waals surface area contributed by atoms with Crippen molar-refractivity contribution in [1.29, 1.82) is 0 Å². The van der Waals surface area contributed by atoms with E-state index in [4.69, 9.17) is 0 Å². The topological polar surface area (TPSA) is 79.3 Å². The van der Waals surface area contributed by atoms with Crippen molar-refractivity contribution in [2.75, 3.05) is 20.1 Å². The van der Waals surface area contributed by atoms with E-state index in [9.17, 15) is 9.59 Å². The van der Waals surface area contributed by atoms with Gasteiger partial charge < -0.3 is 15.5 Å². The molecule has 122 valence electrons. The monoisotopic (exact) mass is 315 g/mol. The van der Waals surface area contributed by atoms with Crippen molar-refractivity contribution in [3.05, 3.63) is 48.3 Å². The summed E-state index contributed by atoms with van der Waals surface area (Å²) in [7, 11) is 1.72. The number of urea groups is 1. The fourth-order valence-electron chi connectivity index (χ4n) is 2.05.